The number of benzene rings is 2. The van der Waals surface area contributed by atoms with Crippen molar-refractivity contribution in [3.05, 3.63) is 64.7 Å². The van der Waals surface area contributed by atoms with E-state index < -0.39 is 24.5 Å². The predicted octanol–water partition coefficient (Wildman–Crippen LogP) is 3.28. The van der Waals surface area contributed by atoms with Gasteiger partial charge in [0, 0.05) is 0 Å². The number of nitrogens with one attached hydrogen (secondary N) is 1. The zero-order valence-electron chi connectivity index (χ0n) is 15.0. The van der Waals surface area contributed by atoms with E-state index >= 15 is 0 Å². The third-order valence-electron chi connectivity index (χ3n) is 3.86. The Morgan fingerprint density at radius 3 is 2.27 bits per heavy atom. The molecular formula is C20H21NO5. The van der Waals surface area contributed by atoms with E-state index in [4.69, 9.17) is 9.47 Å². The van der Waals surface area contributed by atoms with Gasteiger partial charge >= 0.3 is 11.9 Å². The van der Waals surface area contributed by atoms with Crippen LogP contribution < -0.4 is 5.32 Å². The van der Waals surface area contributed by atoms with Gasteiger partial charge < -0.3 is 14.8 Å². The van der Waals surface area contributed by atoms with Crippen LogP contribution in [-0.4, -0.2) is 31.1 Å². The molecule has 0 heterocycles. The smallest absolute Gasteiger partial charge is 0.340 e. The molecule has 0 aliphatic heterocycles. The Morgan fingerprint density at radius 1 is 0.885 bits per heavy atom. The molecule has 0 atom stereocenters. The highest BCUT2D eigenvalue weighted by molar-refractivity contribution is 6.02. The fourth-order valence-electron chi connectivity index (χ4n) is 2.35. The maximum absolute atomic E-state index is 12.2. The van der Waals surface area contributed by atoms with Crippen molar-refractivity contribution in [2.45, 2.75) is 20.8 Å². The number of esters is 2. The molecule has 2 aromatic rings. The topological polar surface area (TPSA) is 81.7 Å². The average Bonchev–Trinajstić information content (AvgIpc) is 2.62. The third-order valence-corrected chi connectivity index (χ3v) is 3.86. The number of carbonyl (C=O) groups is 3. The summed E-state index contributed by atoms with van der Waals surface area (Å²) in [5.74, 6) is -1.64. The molecular weight excluding hydrogens is 334 g/mol. The van der Waals surface area contributed by atoms with E-state index in [-0.39, 0.29) is 12.2 Å². The minimum Gasteiger partial charge on any atom is -0.462 e. The minimum atomic E-state index is -0.569. The van der Waals surface area contributed by atoms with Crippen LogP contribution in [0.3, 0.4) is 0 Å². The second-order valence-electron chi connectivity index (χ2n) is 5.64. The summed E-state index contributed by atoms with van der Waals surface area (Å²) in [7, 11) is 0. The first-order valence-electron chi connectivity index (χ1n) is 8.23. The monoisotopic (exact) mass is 355 g/mol. The predicted molar refractivity (Wildman–Crippen MR) is 97.2 cm³/mol. The first kappa shape index (κ1) is 19.2. The van der Waals surface area contributed by atoms with Gasteiger partial charge in [0.2, 0.25) is 0 Å². The van der Waals surface area contributed by atoms with E-state index in [1.165, 1.54) is 0 Å². The maximum Gasteiger partial charge on any atom is 0.340 e. The van der Waals surface area contributed by atoms with Crippen LogP contribution in [0.25, 0.3) is 0 Å². The lowest BCUT2D eigenvalue weighted by Gasteiger charge is -2.11. The summed E-state index contributed by atoms with van der Waals surface area (Å²) >= 11 is 0. The van der Waals surface area contributed by atoms with Crippen LogP contribution in [0.15, 0.2) is 42.5 Å². The van der Waals surface area contributed by atoms with Crippen molar-refractivity contribution in [1.82, 2.24) is 0 Å². The van der Waals surface area contributed by atoms with Crippen LogP contribution in [0, 0.1) is 13.8 Å². The quantitative estimate of drug-likeness (QED) is 0.804. The highest BCUT2D eigenvalue weighted by Gasteiger charge is 2.16. The van der Waals surface area contributed by atoms with Crippen LogP contribution in [0.2, 0.25) is 0 Å². The molecule has 0 spiro atoms. The van der Waals surface area contributed by atoms with E-state index in [9.17, 15) is 14.4 Å². The van der Waals surface area contributed by atoms with Crippen LogP contribution in [0.1, 0.15) is 38.8 Å². The summed E-state index contributed by atoms with van der Waals surface area (Å²) in [5, 5.41) is 2.57. The molecule has 1 amide bonds. The number of hydrogen-bond donors (Lipinski definition) is 1. The van der Waals surface area contributed by atoms with E-state index in [2.05, 4.69) is 5.32 Å². The number of para-hydroxylation sites is 1. The van der Waals surface area contributed by atoms with Gasteiger partial charge in [0.1, 0.15) is 0 Å². The molecule has 2 aromatic carbocycles. The number of hydrogen-bond acceptors (Lipinski definition) is 5. The van der Waals surface area contributed by atoms with E-state index in [0.717, 1.165) is 11.1 Å². The molecule has 0 saturated heterocycles. The first-order chi connectivity index (χ1) is 12.4. The van der Waals surface area contributed by atoms with E-state index in [1.807, 2.05) is 19.9 Å². The van der Waals surface area contributed by atoms with Gasteiger partial charge in [-0.1, -0.05) is 24.3 Å². The summed E-state index contributed by atoms with van der Waals surface area (Å²) in [5.41, 5.74) is 2.74. The number of carbonyl (C=O) groups excluding carboxylic acids is 3. The van der Waals surface area contributed by atoms with Gasteiger partial charge in [-0.2, -0.15) is 0 Å². The van der Waals surface area contributed by atoms with Crippen LogP contribution in [0.4, 0.5) is 5.69 Å². The number of amides is 1. The molecule has 0 bridgehead atoms. The summed E-state index contributed by atoms with van der Waals surface area (Å²) in [4.78, 5) is 36.2. The maximum atomic E-state index is 12.2. The normalized spacial score (nSPS) is 10.1. The summed E-state index contributed by atoms with van der Waals surface area (Å²) < 4.78 is 10.0. The second-order valence-corrected chi connectivity index (χ2v) is 5.64. The number of rotatable bonds is 6. The Morgan fingerprint density at radius 2 is 1.54 bits per heavy atom. The van der Waals surface area contributed by atoms with Crippen LogP contribution in [-0.2, 0) is 14.3 Å². The van der Waals surface area contributed by atoms with Crippen molar-refractivity contribution in [3.8, 4) is 0 Å². The molecule has 6 nitrogen and oxygen atoms in total. The first-order valence-corrected chi connectivity index (χ1v) is 8.23. The van der Waals surface area contributed by atoms with Crippen molar-refractivity contribution in [3.63, 3.8) is 0 Å². The standard InChI is InChI=1S/C20H21NO5/c1-4-25-20(24)16-9-5-6-11-17(16)21-18(22)12-26-19(23)15-10-7-8-13(2)14(15)3/h5-11H,4,12H2,1-3H3,(H,21,22). The highest BCUT2D eigenvalue weighted by atomic mass is 16.5. The zero-order chi connectivity index (χ0) is 19.1. The minimum absolute atomic E-state index is 0.231. The van der Waals surface area contributed by atoms with Gasteiger partial charge in [0.05, 0.1) is 23.4 Å². The Kier molecular flexibility index (Phi) is 6.49. The van der Waals surface area contributed by atoms with Crippen molar-refractivity contribution in [2.24, 2.45) is 0 Å². The lowest BCUT2D eigenvalue weighted by molar-refractivity contribution is -0.119. The average molecular weight is 355 g/mol. The lowest BCUT2D eigenvalue weighted by atomic mass is 10.0. The molecule has 0 aliphatic rings. The summed E-state index contributed by atoms with van der Waals surface area (Å²) in [6.07, 6.45) is 0. The fourth-order valence-corrected chi connectivity index (χ4v) is 2.35. The third kappa shape index (κ3) is 4.69. The van der Waals surface area contributed by atoms with Gasteiger partial charge in [0.25, 0.3) is 5.91 Å². The molecule has 0 unspecified atom stereocenters. The van der Waals surface area contributed by atoms with Crippen LogP contribution >= 0.6 is 0 Å². The summed E-state index contributed by atoms with van der Waals surface area (Å²) in [6.45, 7) is 5.19. The molecule has 6 heteroatoms. The molecule has 2 rings (SSSR count). The van der Waals surface area contributed by atoms with Crippen LogP contribution in [0.5, 0.6) is 0 Å². The molecule has 0 saturated carbocycles. The highest BCUT2D eigenvalue weighted by Crippen LogP contribution is 2.17. The van der Waals surface area contributed by atoms with Gasteiger partial charge in [-0.25, -0.2) is 9.59 Å². The summed E-state index contributed by atoms with van der Waals surface area (Å²) in [6, 6.07) is 11.8. The van der Waals surface area contributed by atoms with Gasteiger partial charge in [0.15, 0.2) is 6.61 Å². The molecule has 26 heavy (non-hydrogen) atoms. The van der Waals surface area contributed by atoms with Gasteiger partial charge in [-0.05, 0) is 50.1 Å². The van der Waals surface area contributed by atoms with Crippen molar-refractivity contribution in [2.75, 3.05) is 18.5 Å². The Labute approximate surface area is 152 Å². The lowest BCUT2D eigenvalue weighted by Crippen LogP contribution is -2.22. The number of aryl methyl sites for hydroxylation is 1. The SMILES string of the molecule is CCOC(=O)c1ccccc1NC(=O)COC(=O)c1cccc(C)c1C. The number of ether oxygens (including phenoxy) is 2. The zero-order valence-corrected chi connectivity index (χ0v) is 15.0. The van der Waals surface area contributed by atoms with Gasteiger partial charge in [-0.15, -0.1) is 0 Å². The fraction of sp³-hybridized carbons (Fsp3) is 0.250. The second kappa shape index (κ2) is 8.80. The van der Waals surface area contributed by atoms with Gasteiger partial charge in [-0.3, -0.25) is 4.79 Å². The van der Waals surface area contributed by atoms with Crippen molar-refractivity contribution in [1.29, 1.82) is 0 Å². The molecule has 1 N–H and O–H groups in total. The Hall–Kier alpha value is -3.15. The van der Waals surface area contributed by atoms with Crippen molar-refractivity contribution < 1.29 is 23.9 Å². The Bertz CT molecular complexity index is 829. The molecule has 0 aliphatic carbocycles. The number of anilines is 1. The molecule has 0 radical (unpaired) electrons. The van der Waals surface area contributed by atoms with Crippen molar-refractivity contribution >= 4 is 23.5 Å². The van der Waals surface area contributed by atoms with E-state index in [1.54, 1.807) is 43.3 Å². The molecule has 136 valence electrons. The molecule has 0 fully saturated rings. The Balaban J connectivity index is 2.00. The molecule has 0 aromatic heterocycles. The largest absolute Gasteiger partial charge is 0.462 e. The van der Waals surface area contributed by atoms with E-state index in [0.29, 0.717) is 11.3 Å².